The van der Waals surface area contributed by atoms with Crippen LogP contribution in [0.25, 0.3) is 0 Å². The smallest absolute Gasteiger partial charge is 0.175 e. The minimum absolute atomic E-state index is 0.161. The maximum absolute atomic E-state index is 10.5. The number of nitrogens with one attached hydrogen (secondary N) is 3. The lowest BCUT2D eigenvalue weighted by atomic mass is 10.3. The Bertz CT molecular complexity index is 314. The summed E-state index contributed by atoms with van der Waals surface area (Å²) >= 11 is 2.88. The summed E-state index contributed by atoms with van der Waals surface area (Å²) in [5, 5.41) is 34.4. The Morgan fingerprint density at radius 2 is 1.92 bits per heavy atom. The van der Waals surface area contributed by atoms with Crippen LogP contribution in [-0.2, 0) is 0 Å². The largest absolute Gasteiger partial charge is 0.858 e. The van der Waals surface area contributed by atoms with Crippen molar-refractivity contribution in [2.75, 3.05) is 0 Å². The fourth-order valence-corrected chi connectivity index (χ4v) is 1.05. The van der Waals surface area contributed by atoms with Crippen LogP contribution in [0.3, 0.4) is 0 Å². The molecule has 0 atom stereocenters. The van der Waals surface area contributed by atoms with Gasteiger partial charge >= 0.3 is 0 Å². The summed E-state index contributed by atoms with van der Waals surface area (Å²) in [6, 6.07) is 0. The second kappa shape index (κ2) is 2.94. The lowest BCUT2D eigenvalue weighted by molar-refractivity contribution is -0.218. The molecule has 1 aromatic heterocycles. The van der Waals surface area contributed by atoms with Crippen molar-refractivity contribution in [2.45, 2.75) is 0 Å². The molecule has 0 aliphatic heterocycles. The van der Waals surface area contributed by atoms with E-state index in [1.54, 1.807) is 0 Å². The van der Waals surface area contributed by atoms with Crippen LogP contribution in [0.4, 0.5) is 0 Å². The van der Waals surface area contributed by atoms with Gasteiger partial charge in [-0.1, -0.05) is 0 Å². The van der Waals surface area contributed by atoms with Crippen LogP contribution in [0, 0.1) is 10.8 Å². The van der Waals surface area contributed by atoms with E-state index in [-0.39, 0.29) is 16.1 Å². The van der Waals surface area contributed by atoms with E-state index in [1.165, 1.54) is 0 Å². The molecule has 0 aliphatic carbocycles. The molecule has 0 fully saturated rings. The Morgan fingerprint density at radius 3 is 2.25 bits per heavy atom. The molecule has 0 aliphatic rings. The van der Waals surface area contributed by atoms with Gasteiger partial charge in [0.15, 0.2) is 4.73 Å². The van der Waals surface area contributed by atoms with E-state index in [9.17, 15) is 10.2 Å². The van der Waals surface area contributed by atoms with Crippen LogP contribution in [0.15, 0.2) is 4.73 Å². The average molecular weight is 231 g/mol. The van der Waals surface area contributed by atoms with Gasteiger partial charge in [-0.05, 0) is 15.9 Å². The van der Waals surface area contributed by atoms with Crippen molar-refractivity contribution in [1.82, 2.24) is 9.97 Å². The summed E-state index contributed by atoms with van der Waals surface area (Å²) in [5.74, 6) is -2.16. The summed E-state index contributed by atoms with van der Waals surface area (Å²) in [5.41, 5.74) is -0.594. The lowest BCUT2D eigenvalue weighted by Crippen LogP contribution is -2.25. The molecule has 12 heavy (non-hydrogen) atoms. The molecular formula is C5H3BrN4O2-2. The molecule has 1 rings (SSSR count). The molecule has 7 heteroatoms. The van der Waals surface area contributed by atoms with Gasteiger partial charge in [-0.25, -0.2) is 4.98 Å². The third-order valence-electron chi connectivity index (χ3n) is 1.12. The molecule has 3 N–H and O–H groups in total. The highest BCUT2D eigenvalue weighted by Gasteiger charge is 2.06. The van der Waals surface area contributed by atoms with Crippen molar-refractivity contribution >= 4 is 27.7 Å². The number of hydrogen-bond donors (Lipinski definition) is 3. The molecule has 0 unspecified atom stereocenters. The van der Waals surface area contributed by atoms with Gasteiger partial charge in [-0.15, -0.1) is 0 Å². The zero-order valence-corrected chi connectivity index (χ0v) is 7.23. The molecule has 0 saturated carbocycles. The van der Waals surface area contributed by atoms with Gasteiger partial charge in [0.25, 0.3) is 0 Å². The molecule has 0 bridgehead atoms. The van der Waals surface area contributed by atoms with Crippen LogP contribution >= 0.6 is 15.9 Å². The Balaban J connectivity index is 3.26. The van der Waals surface area contributed by atoms with Gasteiger partial charge in [0, 0.05) is 11.8 Å². The third-order valence-corrected chi connectivity index (χ3v) is 1.49. The van der Waals surface area contributed by atoms with Gasteiger partial charge < -0.3 is 26.0 Å². The molecule has 1 heterocycles. The molecule has 1 aromatic rings. The molecule has 0 aromatic carbocycles. The Morgan fingerprint density at radius 1 is 1.33 bits per heavy atom. The summed E-state index contributed by atoms with van der Waals surface area (Å²) in [7, 11) is 0. The fraction of sp³-hybridized carbons (Fsp3) is 0. The first-order chi connectivity index (χ1) is 5.52. The molecule has 0 saturated heterocycles. The van der Waals surface area contributed by atoms with Crippen molar-refractivity contribution in [3.05, 3.63) is 16.1 Å². The molecule has 6 nitrogen and oxygen atoms in total. The van der Waals surface area contributed by atoms with Crippen molar-refractivity contribution in [2.24, 2.45) is 0 Å². The van der Waals surface area contributed by atoms with Crippen LogP contribution < -0.4 is 10.2 Å². The number of hydrogen-bond acceptors (Lipinski definition) is 5. The number of aromatic nitrogens is 2. The molecule has 0 radical (unpaired) electrons. The molecule has 0 amide bonds. The van der Waals surface area contributed by atoms with Crippen molar-refractivity contribution in [3.63, 3.8) is 0 Å². The van der Waals surface area contributed by atoms with Crippen LogP contribution in [0.1, 0.15) is 11.4 Å². The van der Waals surface area contributed by atoms with Crippen molar-refractivity contribution < 1.29 is 10.2 Å². The first kappa shape index (κ1) is 8.72. The van der Waals surface area contributed by atoms with E-state index >= 15 is 0 Å². The van der Waals surface area contributed by atoms with Gasteiger partial charge in [0.05, 0.1) is 5.69 Å². The van der Waals surface area contributed by atoms with E-state index in [0.29, 0.717) is 0 Å². The highest BCUT2D eigenvalue weighted by atomic mass is 79.9. The maximum atomic E-state index is 10.5. The van der Waals surface area contributed by atoms with E-state index in [1.807, 2.05) is 0 Å². The van der Waals surface area contributed by atoms with E-state index in [0.717, 1.165) is 0 Å². The summed E-state index contributed by atoms with van der Waals surface area (Å²) in [6.45, 7) is 0. The second-order valence-electron chi connectivity index (χ2n) is 1.91. The van der Waals surface area contributed by atoms with Crippen LogP contribution in [0.2, 0.25) is 0 Å². The first-order valence-corrected chi connectivity index (χ1v) is 3.59. The number of halogens is 1. The third kappa shape index (κ3) is 1.45. The highest BCUT2D eigenvalue weighted by molar-refractivity contribution is 9.10. The molecule has 64 valence electrons. The molecular weight excluding hydrogens is 228 g/mol. The fourth-order valence-electron chi connectivity index (χ4n) is 0.673. The number of rotatable bonds is 2. The highest BCUT2D eigenvalue weighted by Crippen LogP contribution is 2.09. The van der Waals surface area contributed by atoms with Crippen molar-refractivity contribution in [1.29, 1.82) is 10.8 Å². The summed E-state index contributed by atoms with van der Waals surface area (Å²) in [4.78, 5) is 5.87. The summed E-state index contributed by atoms with van der Waals surface area (Å²) < 4.78 is 0.161. The average Bonchev–Trinajstić information content (AvgIpc) is 2.31. The Labute approximate surface area is 75.4 Å². The van der Waals surface area contributed by atoms with Gasteiger partial charge in [-0.2, -0.15) is 0 Å². The minimum atomic E-state index is -1.09. The van der Waals surface area contributed by atoms with Crippen LogP contribution in [-0.4, -0.2) is 21.8 Å². The zero-order chi connectivity index (χ0) is 9.30. The van der Waals surface area contributed by atoms with E-state index in [4.69, 9.17) is 10.8 Å². The standard InChI is InChI=1S/C5H5BrN4O2/c6-5-9-1(3(7)11)2(10-5)4(8)12/h(H2,7,11)(H2,8,12)(H,9,10)/p-2. The zero-order valence-electron chi connectivity index (χ0n) is 5.64. The molecule has 0 spiro atoms. The van der Waals surface area contributed by atoms with Gasteiger partial charge in [0.1, 0.15) is 5.69 Å². The van der Waals surface area contributed by atoms with Crippen LogP contribution in [0.5, 0.6) is 0 Å². The maximum Gasteiger partial charge on any atom is 0.175 e. The monoisotopic (exact) mass is 230 g/mol. The first-order valence-electron chi connectivity index (χ1n) is 2.79. The van der Waals surface area contributed by atoms with Gasteiger partial charge in [0.2, 0.25) is 0 Å². The minimum Gasteiger partial charge on any atom is -0.858 e. The lowest BCUT2D eigenvalue weighted by Gasteiger charge is -2.09. The quantitative estimate of drug-likeness (QED) is 0.425. The second-order valence-corrected chi connectivity index (χ2v) is 2.66. The Hall–Kier alpha value is -1.37. The number of nitrogens with zero attached hydrogens (tertiary/aromatic N) is 1. The van der Waals surface area contributed by atoms with E-state index < -0.39 is 11.8 Å². The number of imidazole rings is 1. The Kier molecular flexibility index (Phi) is 2.13. The summed E-state index contributed by atoms with van der Waals surface area (Å²) in [6.07, 6.45) is 0. The number of H-pyrrole nitrogens is 1. The number of aromatic amines is 1. The SMILES string of the molecule is N=C([O-])c1nc(Br)[nH]c1C(=N)[O-]. The van der Waals surface area contributed by atoms with Gasteiger partial charge in [-0.3, -0.25) is 0 Å². The predicted octanol–water partition coefficient (Wildman–Crippen LogP) is -1.46. The van der Waals surface area contributed by atoms with E-state index in [2.05, 4.69) is 25.9 Å². The van der Waals surface area contributed by atoms with Crippen molar-refractivity contribution in [3.8, 4) is 0 Å². The predicted molar refractivity (Wildman–Crippen MR) is 39.9 cm³/mol. The normalized spacial score (nSPS) is 9.75. The topological polar surface area (TPSA) is 122 Å².